The topological polar surface area (TPSA) is 62.3 Å². The Morgan fingerprint density at radius 3 is 2.47 bits per heavy atom. The van der Waals surface area contributed by atoms with Crippen LogP contribution in [0.4, 0.5) is 11.4 Å². The van der Waals surface area contributed by atoms with Gasteiger partial charge < -0.3 is 5.32 Å². The number of piperidine rings is 1. The first-order chi connectivity index (χ1) is 14.5. The molecule has 7 heteroatoms. The van der Waals surface area contributed by atoms with Gasteiger partial charge in [-0.25, -0.2) is 8.42 Å². The quantitative estimate of drug-likeness (QED) is 0.597. The van der Waals surface area contributed by atoms with Crippen LogP contribution in [0.1, 0.15) is 36.9 Å². The summed E-state index contributed by atoms with van der Waals surface area (Å²) in [7, 11) is -3.42. The molecule has 2 heterocycles. The number of fused-ring (bicyclic) bond motifs is 2. The van der Waals surface area contributed by atoms with Gasteiger partial charge in [-0.2, -0.15) is 4.31 Å². The third-order valence-electron chi connectivity index (χ3n) is 6.05. The lowest BCUT2D eigenvalue weighted by Gasteiger charge is -2.26. The van der Waals surface area contributed by atoms with Crippen molar-refractivity contribution in [3.8, 4) is 0 Å². The van der Waals surface area contributed by atoms with Gasteiger partial charge in [-0.15, -0.1) is 0 Å². The molecule has 30 heavy (non-hydrogen) atoms. The average molecular weight is 442 g/mol. The van der Waals surface area contributed by atoms with Gasteiger partial charge in [0.1, 0.15) is 0 Å². The van der Waals surface area contributed by atoms with E-state index < -0.39 is 10.0 Å². The summed E-state index contributed by atoms with van der Waals surface area (Å²) in [4.78, 5) is 5.16. The molecule has 5 nitrogen and oxygen atoms in total. The lowest BCUT2D eigenvalue weighted by Crippen LogP contribution is -2.35. The van der Waals surface area contributed by atoms with E-state index in [1.165, 1.54) is 5.56 Å². The Kier molecular flexibility index (Phi) is 5.17. The van der Waals surface area contributed by atoms with E-state index in [9.17, 15) is 8.42 Å². The van der Waals surface area contributed by atoms with Crippen molar-refractivity contribution in [1.82, 2.24) is 9.29 Å². The summed E-state index contributed by atoms with van der Waals surface area (Å²) in [6.07, 6.45) is 6.02. The minimum atomic E-state index is -3.42. The van der Waals surface area contributed by atoms with E-state index in [1.807, 2.05) is 30.3 Å². The number of nitrogens with one attached hydrogen (secondary N) is 1. The molecule has 5 rings (SSSR count). The Morgan fingerprint density at radius 1 is 0.933 bits per heavy atom. The minimum absolute atomic E-state index is 0.350. The van der Waals surface area contributed by atoms with Crippen LogP contribution in [-0.2, 0) is 22.9 Å². The fourth-order valence-electron chi connectivity index (χ4n) is 4.49. The lowest BCUT2D eigenvalue weighted by molar-refractivity contribution is 0.346. The van der Waals surface area contributed by atoms with Crippen LogP contribution in [0, 0.1) is 0 Å². The van der Waals surface area contributed by atoms with Gasteiger partial charge in [0.25, 0.3) is 0 Å². The number of hydrogen-bond donors (Lipinski definition) is 1. The monoisotopic (exact) mass is 441 g/mol. The molecule has 0 amide bonds. The van der Waals surface area contributed by atoms with E-state index in [1.54, 1.807) is 16.4 Å². The zero-order valence-corrected chi connectivity index (χ0v) is 18.3. The summed E-state index contributed by atoms with van der Waals surface area (Å²) in [5.41, 5.74) is 5.18. The number of rotatable bonds is 4. The van der Waals surface area contributed by atoms with E-state index >= 15 is 0 Å². The van der Waals surface area contributed by atoms with Gasteiger partial charge in [-0.05, 0) is 80.1 Å². The first-order valence-corrected chi connectivity index (χ1v) is 12.3. The van der Waals surface area contributed by atoms with Crippen molar-refractivity contribution in [2.75, 3.05) is 18.4 Å². The van der Waals surface area contributed by atoms with Gasteiger partial charge in [0, 0.05) is 34.9 Å². The largest absolute Gasteiger partial charge is 0.355 e. The Hall–Kier alpha value is -2.15. The molecule has 1 aromatic heterocycles. The van der Waals surface area contributed by atoms with Gasteiger partial charge in [0.05, 0.1) is 16.1 Å². The van der Waals surface area contributed by atoms with Gasteiger partial charge in [-0.3, -0.25) is 4.98 Å². The molecule has 1 aliphatic heterocycles. The van der Waals surface area contributed by atoms with Crippen LogP contribution in [0.2, 0.25) is 5.02 Å². The predicted molar refractivity (Wildman–Crippen MR) is 121 cm³/mol. The van der Waals surface area contributed by atoms with Crippen LogP contribution in [-0.4, -0.2) is 30.8 Å². The van der Waals surface area contributed by atoms with Crippen LogP contribution in [0.15, 0.2) is 47.4 Å². The zero-order valence-electron chi connectivity index (χ0n) is 16.7. The summed E-state index contributed by atoms with van der Waals surface area (Å²) in [5.74, 6) is 0. The highest BCUT2D eigenvalue weighted by molar-refractivity contribution is 7.89. The van der Waals surface area contributed by atoms with E-state index in [-0.39, 0.29) is 0 Å². The van der Waals surface area contributed by atoms with E-state index in [0.29, 0.717) is 23.0 Å². The van der Waals surface area contributed by atoms with Crippen molar-refractivity contribution < 1.29 is 8.42 Å². The third kappa shape index (κ3) is 3.57. The number of aromatic nitrogens is 1. The van der Waals surface area contributed by atoms with Crippen LogP contribution in [0.3, 0.4) is 0 Å². The second-order valence-electron chi connectivity index (χ2n) is 8.04. The van der Waals surface area contributed by atoms with Gasteiger partial charge in [0.15, 0.2) is 0 Å². The summed E-state index contributed by atoms with van der Waals surface area (Å²) in [6, 6.07) is 12.8. The molecule has 1 saturated heterocycles. The molecule has 0 radical (unpaired) electrons. The summed E-state index contributed by atoms with van der Waals surface area (Å²) < 4.78 is 27.4. The third-order valence-corrected chi connectivity index (χ3v) is 8.20. The van der Waals surface area contributed by atoms with Gasteiger partial charge in [-0.1, -0.05) is 18.0 Å². The average Bonchev–Trinajstić information content (AvgIpc) is 3.23. The molecular weight excluding hydrogens is 418 g/mol. The molecule has 2 aromatic carbocycles. The molecule has 0 bridgehead atoms. The van der Waals surface area contributed by atoms with Crippen LogP contribution in [0.5, 0.6) is 0 Å². The SMILES string of the molecule is O=S(=O)(c1ccc(Nc2c3c(nc4ccc(Cl)cc24)CCC3)cc1)N1CCCCC1. The second kappa shape index (κ2) is 7.84. The fraction of sp³-hybridized carbons (Fsp3) is 0.348. The highest BCUT2D eigenvalue weighted by Gasteiger charge is 2.26. The maximum Gasteiger partial charge on any atom is 0.243 e. The number of sulfonamides is 1. The molecular formula is C23H24ClN3O2S. The lowest BCUT2D eigenvalue weighted by atomic mass is 10.1. The highest BCUT2D eigenvalue weighted by Crippen LogP contribution is 2.37. The Labute approximate surface area is 182 Å². The number of benzene rings is 2. The molecule has 1 fully saturated rings. The molecule has 1 N–H and O–H groups in total. The number of hydrogen-bond acceptors (Lipinski definition) is 4. The summed E-state index contributed by atoms with van der Waals surface area (Å²) in [6.45, 7) is 1.22. The summed E-state index contributed by atoms with van der Waals surface area (Å²) in [5, 5.41) is 5.19. The van der Waals surface area contributed by atoms with Crippen molar-refractivity contribution in [3.05, 3.63) is 58.7 Å². The van der Waals surface area contributed by atoms with Crippen molar-refractivity contribution in [3.63, 3.8) is 0 Å². The Bertz CT molecular complexity index is 1200. The number of nitrogens with zero attached hydrogens (tertiary/aromatic N) is 2. The summed E-state index contributed by atoms with van der Waals surface area (Å²) >= 11 is 6.26. The van der Waals surface area contributed by atoms with E-state index in [2.05, 4.69) is 5.32 Å². The fourth-order valence-corrected chi connectivity index (χ4v) is 6.18. The molecule has 0 atom stereocenters. The first-order valence-electron chi connectivity index (χ1n) is 10.5. The Morgan fingerprint density at radius 2 is 1.70 bits per heavy atom. The van der Waals surface area contributed by atoms with Gasteiger partial charge >= 0.3 is 0 Å². The highest BCUT2D eigenvalue weighted by atomic mass is 35.5. The number of pyridine rings is 1. The van der Waals surface area contributed by atoms with E-state index in [0.717, 1.165) is 66.5 Å². The molecule has 3 aromatic rings. The zero-order chi connectivity index (χ0) is 20.7. The minimum Gasteiger partial charge on any atom is -0.355 e. The maximum atomic E-state index is 12.9. The molecule has 0 saturated carbocycles. The molecule has 0 unspecified atom stereocenters. The normalized spacial score (nSPS) is 17.2. The Balaban J connectivity index is 1.48. The van der Waals surface area contributed by atoms with Crippen molar-refractivity contribution in [1.29, 1.82) is 0 Å². The maximum absolute atomic E-state index is 12.9. The molecule has 2 aliphatic rings. The number of anilines is 2. The van der Waals surface area contributed by atoms with Crippen LogP contribution < -0.4 is 5.32 Å². The predicted octanol–water partition coefficient (Wildman–Crippen LogP) is 5.30. The molecule has 156 valence electrons. The second-order valence-corrected chi connectivity index (χ2v) is 10.4. The number of halogens is 1. The smallest absolute Gasteiger partial charge is 0.243 e. The van der Waals surface area contributed by atoms with Crippen LogP contribution in [0.25, 0.3) is 10.9 Å². The van der Waals surface area contributed by atoms with Crippen molar-refractivity contribution >= 4 is 43.9 Å². The number of aryl methyl sites for hydroxylation is 1. The van der Waals surface area contributed by atoms with Crippen LogP contribution >= 0.6 is 11.6 Å². The van der Waals surface area contributed by atoms with Gasteiger partial charge in [0.2, 0.25) is 10.0 Å². The molecule has 1 aliphatic carbocycles. The standard InChI is InChI=1S/C23H24ClN3O2S/c24-16-7-12-22-20(15-16)23(19-5-4-6-21(19)26-22)25-17-8-10-18(11-9-17)30(28,29)27-13-2-1-3-14-27/h7-12,15H,1-6,13-14H2,(H,25,26). The van der Waals surface area contributed by atoms with Crippen molar-refractivity contribution in [2.45, 2.75) is 43.4 Å². The first kappa shape index (κ1) is 19.8. The van der Waals surface area contributed by atoms with E-state index in [4.69, 9.17) is 16.6 Å². The molecule has 0 spiro atoms. The van der Waals surface area contributed by atoms with Crippen molar-refractivity contribution in [2.24, 2.45) is 0 Å².